The van der Waals surface area contributed by atoms with Gasteiger partial charge in [-0.15, -0.1) is 0 Å². The summed E-state index contributed by atoms with van der Waals surface area (Å²) in [6.45, 7) is 13.1. The largest absolute Gasteiger partial charge is 0.373 e. The van der Waals surface area contributed by atoms with Crippen LogP contribution >= 0.6 is 0 Å². The van der Waals surface area contributed by atoms with Crippen LogP contribution in [0.15, 0.2) is 23.9 Å². The second-order valence-electron chi connectivity index (χ2n) is 5.44. The molecule has 2 heteroatoms. The van der Waals surface area contributed by atoms with E-state index in [1.165, 1.54) is 30.8 Å². The van der Waals surface area contributed by atoms with Crippen molar-refractivity contribution in [2.45, 2.75) is 39.7 Å². The highest BCUT2D eigenvalue weighted by atomic mass is 15.2. The van der Waals surface area contributed by atoms with E-state index in [0.29, 0.717) is 12.0 Å². The molecule has 1 atom stereocenters. The quantitative estimate of drug-likeness (QED) is 0.677. The van der Waals surface area contributed by atoms with Gasteiger partial charge in [0.15, 0.2) is 0 Å². The molecule has 2 nitrogen and oxygen atoms in total. The number of likely N-dealkylation sites (tertiary alicyclic amines) is 1. The van der Waals surface area contributed by atoms with E-state index >= 15 is 0 Å². The van der Waals surface area contributed by atoms with Gasteiger partial charge in [-0.2, -0.15) is 0 Å². The number of hydrogen-bond donors (Lipinski definition) is 0. The van der Waals surface area contributed by atoms with Crippen molar-refractivity contribution in [3.63, 3.8) is 0 Å². The van der Waals surface area contributed by atoms with Gasteiger partial charge in [-0.25, -0.2) is 0 Å². The van der Waals surface area contributed by atoms with Crippen molar-refractivity contribution in [1.29, 1.82) is 0 Å². The van der Waals surface area contributed by atoms with Crippen LogP contribution in [0.3, 0.4) is 0 Å². The molecule has 0 aromatic carbocycles. The van der Waals surface area contributed by atoms with Gasteiger partial charge in [0.1, 0.15) is 0 Å². The lowest BCUT2D eigenvalue weighted by atomic mass is 9.99. The molecule has 1 unspecified atom stereocenters. The van der Waals surface area contributed by atoms with Crippen molar-refractivity contribution in [3.05, 3.63) is 23.9 Å². The maximum absolute atomic E-state index is 3.96. The van der Waals surface area contributed by atoms with Gasteiger partial charge in [0.2, 0.25) is 0 Å². The van der Waals surface area contributed by atoms with Crippen molar-refractivity contribution >= 4 is 0 Å². The average Bonchev–Trinajstić information content (AvgIpc) is 2.71. The molecule has 17 heavy (non-hydrogen) atoms. The Morgan fingerprint density at radius 3 is 2.53 bits per heavy atom. The number of nitrogens with zero attached hydrogens (tertiary/aromatic N) is 2. The van der Waals surface area contributed by atoms with Gasteiger partial charge in [-0.05, 0) is 37.9 Å². The molecule has 0 N–H and O–H groups in total. The third-order valence-electron chi connectivity index (χ3n) is 3.80. The molecule has 0 amide bonds. The monoisotopic (exact) mass is 236 g/mol. The van der Waals surface area contributed by atoms with E-state index in [1.807, 2.05) is 6.08 Å². The molecule has 1 rings (SSSR count). The molecule has 1 aliphatic heterocycles. The van der Waals surface area contributed by atoms with Gasteiger partial charge in [-0.3, -0.25) is 0 Å². The molecule has 0 bridgehead atoms. The summed E-state index contributed by atoms with van der Waals surface area (Å²) >= 11 is 0. The summed E-state index contributed by atoms with van der Waals surface area (Å²) in [5.74, 6) is 0.568. The summed E-state index contributed by atoms with van der Waals surface area (Å²) in [5, 5.41) is 0. The lowest BCUT2D eigenvalue weighted by Gasteiger charge is -2.33. The van der Waals surface area contributed by atoms with Crippen LogP contribution in [0.4, 0.5) is 0 Å². The number of hydrogen-bond acceptors (Lipinski definition) is 2. The van der Waals surface area contributed by atoms with E-state index in [2.05, 4.69) is 51.2 Å². The Hall–Kier alpha value is -0.760. The zero-order valence-electron chi connectivity index (χ0n) is 12.2. The number of likely N-dealkylation sites (N-methyl/N-ethyl adjacent to an activating group) is 2. The standard InChI is InChI=1S/C15H28N2/c1-7-13(8-2)15(12(3)4)17(6)14-9-10-16(5)11-14/h7,12,14H,1,8-11H2,2-6H3/b15-13+. The van der Waals surface area contributed by atoms with Gasteiger partial charge in [0.05, 0.1) is 0 Å². The van der Waals surface area contributed by atoms with Crippen LogP contribution in [0.25, 0.3) is 0 Å². The van der Waals surface area contributed by atoms with Crippen LogP contribution in [0.1, 0.15) is 33.6 Å². The first-order valence-corrected chi connectivity index (χ1v) is 6.78. The normalized spacial score (nSPS) is 22.8. The van der Waals surface area contributed by atoms with Gasteiger partial charge in [-0.1, -0.05) is 33.4 Å². The first-order chi connectivity index (χ1) is 8.01. The van der Waals surface area contributed by atoms with Crippen LogP contribution in [0, 0.1) is 5.92 Å². The molecular formula is C15H28N2. The minimum Gasteiger partial charge on any atom is -0.373 e. The zero-order chi connectivity index (χ0) is 13.0. The van der Waals surface area contributed by atoms with E-state index in [1.54, 1.807) is 0 Å². The second kappa shape index (κ2) is 6.25. The fourth-order valence-corrected chi connectivity index (χ4v) is 2.86. The molecule has 1 aliphatic rings. The number of allylic oxidation sites excluding steroid dienone is 3. The van der Waals surface area contributed by atoms with E-state index in [4.69, 9.17) is 0 Å². The first kappa shape index (κ1) is 14.3. The van der Waals surface area contributed by atoms with E-state index in [9.17, 15) is 0 Å². The summed E-state index contributed by atoms with van der Waals surface area (Å²) in [6.07, 6.45) is 4.38. The fourth-order valence-electron chi connectivity index (χ4n) is 2.86. The summed E-state index contributed by atoms with van der Waals surface area (Å²) < 4.78 is 0. The maximum Gasteiger partial charge on any atom is 0.0423 e. The van der Waals surface area contributed by atoms with Crippen molar-refractivity contribution in [2.24, 2.45) is 5.92 Å². The summed E-state index contributed by atoms with van der Waals surface area (Å²) in [4.78, 5) is 4.91. The molecule has 0 aromatic heterocycles. The van der Waals surface area contributed by atoms with E-state index < -0.39 is 0 Å². The Labute approximate surface area is 107 Å². The van der Waals surface area contributed by atoms with Crippen molar-refractivity contribution in [3.8, 4) is 0 Å². The van der Waals surface area contributed by atoms with Crippen molar-refractivity contribution in [2.75, 3.05) is 27.2 Å². The lowest BCUT2D eigenvalue weighted by Crippen LogP contribution is -2.35. The molecular weight excluding hydrogens is 208 g/mol. The minimum absolute atomic E-state index is 0.568. The highest BCUT2D eigenvalue weighted by Gasteiger charge is 2.26. The lowest BCUT2D eigenvalue weighted by molar-refractivity contribution is 0.271. The third kappa shape index (κ3) is 3.35. The molecule has 98 valence electrons. The molecule has 1 fully saturated rings. The van der Waals surface area contributed by atoms with E-state index in [0.717, 1.165) is 6.42 Å². The molecule has 1 heterocycles. The smallest absolute Gasteiger partial charge is 0.0423 e. The van der Waals surface area contributed by atoms with Gasteiger partial charge in [0, 0.05) is 25.3 Å². The first-order valence-electron chi connectivity index (χ1n) is 6.78. The highest BCUT2D eigenvalue weighted by Crippen LogP contribution is 2.26. The Morgan fingerprint density at radius 2 is 2.18 bits per heavy atom. The highest BCUT2D eigenvalue weighted by molar-refractivity contribution is 5.25. The van der Waals surface area contributed by atoms with Crippen LogP contribution in [-0.4, -0.2) is 43.0 Å². The predicted octanol–water partition coefficient (Wildman–Crippen LogP) is 3.13. The van der Waals surface area contributed by atoms with E-state index in [-0.39, 0.29) is 0 Å². The number of rotatable bonds is 5. The van der Waals surface area contributed by atoms with Gasteiger partial charge >= 0.3 is 0 Å². The maximum atomic E-state index is 3.96. The average molecular weight is 236 g/mol. The minimum atomic E-state index is 0.568. The fraction of sp³-hybridized carbons (Fsp3) is 0.733. The second-order valence-corrected chi connectivity index (χ2v) is 5.44. The molecule has 0 aliphatic carbocycles. The zero-order valence-corrected chi connectivity index (χ0v) is 12.2. The van der Waals surface area contributed by atoms with Crippen LogP contribution in [-0.2, 0) is 0 Å². The Bertz CT molecular complexity index is 291. The molecule has 1 saturated heterocycles. The SMILES string of the molecule is C=C/C(CC)=C(/C(C)C)N(C)C1CCN(C)C1. The van der Waals surface area contributed by atoms with Gasteiger partial charge in [0.25, 0.3) is 0 Å². The molecule has 0 spiro atoms. The van der Waals surface area contributed by atoms with Crippen molar-refractivity contribution in [1.82, 2.24) is 9.80 Å². The Balaban J connectivity index is 2.91. The predicted molar refractivity (Wildman–Crippen MR) is 76.0 cm³/mol. The van der Waals surface area contributed by atoms with Crippen molar-refractivity contribution < 1.29 is 0 Å². The molecule has 0 aromatic rings. The molecule has 0 radical (unpaired) electrons. The summed E-state index contributed by atoms with van der Waals surface area (Å²) in [6, 6.07) is 0.666. The molecule has 0 saturated carbocycles. The Morgan fingerprint density at radius 1 is 1.53 bits per heavy atom. The van der Waals surface area contributed by atoms with Crippen LogP contribution < -0.4 is 0 Å². The Kier molecular flexibility index (Phi) is 5.26. The third-order valence-corrected chi connectivity index (χ3v) is 3.80. The summed E-state index contributed by atoms with van der Waals surface area (Å²) in [7, 11) is 4.46. The van der Waals surface area contributed by atoms with Crippen LogP contribution in [0.2, 0.25) is 0 Å². The van der Waals surface area contributed by atoms with Crippen LogP contribution in [0.5, 0.6) is 0 Å². The van der Waals surface area contributed by atoms with Gasteiger partial charge < -0.3 is 9.80 Å². The topological polar surface area (TPSA) is 6.48 Å². The summed E-state index contributed by atoms with van der Waals surface area (Å²) in [5.41, 5.74) is 2.87.